The lowest BCUT2D eigenvalue weighted by Gasteiger charge is -2.06. The topological polar surface area (TPSA) is 66.9 Å². The van der Waals surface area contributed by atoms with Gasteiger partial charge < -0.3 is 9.55 Å². The summed E-state index contributed by atoms with van der Waals surface area (Å²) in [7, 11) is -3.26. The van der Waals surface area contributed by atoms with E-state index in [0.717, 1.165) is 12.3 Å². The van der Waals surface area contributed by atoms with Crippen molar-refractivity contribution in [1.29, 1.82) is 0 Å². The van der Waals surface area contributed by atoms with Crippen LogP contribution in [0.15, 0.2) is 12.1 Å². The summed E-state index contributed by atoms with van der Waals surface area (Å²) in [5.41, 5.74) is 0.472. The van der Waals surface area contributed by atoms with Crippen LogP contribution >= 0.6 is 12.2 Å². The van der Waals surface area contributed by atoms with Crippen LogP contribution in [0.3, 0.4) is 0 Å². The Bertz CT molecular complexity index is 796. The maximum absolute atomic E-state index is 13.8. The third kappa shape index (κ3) is 3.22. The predicted octanol–water partition coefficient (Wildman–Crippen LogP) is 1.92. The normalized spacial score (nSPS) is 12.2. The molecule has 0 fully saturated rings. The van der Waals surface area contributed by atoms with Gasteiger partial charge in [-0.1, -0.05) is 0 Å². The van der Waals surface area contributed by atoms with E-state index in [9.17, 15) is 17.2 Å². The maximum atomic E-state index is 13.8. The molecule has 0 aliphatic rings. The van der Waals surface area contributed by atoms with Crippen LogP contribution in [0.5, 0.6) is 0 Å². The van der Waals surface area contributed by atoms with E-state index in [1.54, 1.807) is 0 Å². The number of aromatic nitrogens is 2. The second-order valence-electron chi connectivity index (χ2n) is 4.36. The summed E-state index contributed by atoms with van der Waals surface area (Å²) >= 11 is 5.06. The van der Waals surface area contributed by atoms with E-state index in [2.05, 4.69) is 9.71 Å². The molecule has 0 amide bonds. The highest BCUT2D eigenvalue weighted by atomic mass is 32.2. The Morgan fingerprint density at radius 1 is 1.40 bits per heavy atom. The van der Waals surface area contributed by atoms with E-state index >= 15 is 0 Å². The monoisotopic (exact) mass is 321 g/mol. The SMILES string of the molecule is CS(=O)(=O)NCCCn1c(=S)[nH]c2ccc(F)c(F)c21. The van der Waals surface area contributed by atoms with E-state index in [0.29, 0.717) is 11.9 Å². The minimum absolute atomic E-state index is 0.0642. The molecule has 20 heavy (non-hydrogen) atoms. The van der Waals surface area contributed by atoms with Gasteiger partial charge in [0, 0.05) is 13.1 Å². The van der Waals surface area contributed by atoms with Gasteiger partial charge in [0.05, 0.1) is 11.8 Å². The summed E-state index contributed by atoms with van der Waals surface area (Å²) in [5.74, 6) is -1.92. The van der Waals surface area contributed by atoms with Crippen LogP contribution in [-0.4, -0.2) is 30.8 Å². The van der Waals surface area contributed by atoms with Crippen molar-refractivity contribution in [2.45, 2.75) is 13.0 Å². The molecule has 1 heterocycles. The Balaban J connectivity index is 2.24. The molecule has 2 N–H and O–H groups in total. The van der Waals surface area contributed by atoms with Gasteiger partial charge in [0.25, 0.3) is 0 Å². The molecule has 0 aliphatic heterocycles. The van der Waals surface area contributed by atoms with Crippen molar-refractivity contribution in [2.24, 2.45) is 0 Å². The first-order valence-corrected chi connectivity index (χ1v) is 8.11. The summed E-state index contributed by atoms with van der Waals surface area (Å²) in [6.45, 7) is 0.478. The number of nitrogens with one attached hydrogen (secondary N) is 2. The molecule has 0 bridgehead atoms. The largest absolute Gasteiger partial charge is 0.330 e. The number of hydrogen-bond acceptors (Lipinski definition) is 3. The molecular formula is C11H13F2N3O2S2. The fourth-order valence-corrected chi connectivity index (χ4v) is 2.70. The summed E-state index contributed by atoms with van der Waals surface area (Å²) in [6, 6.07) is 2.44. The zero-order valence-electron chi connectivity index (χ0n) is 10.6. The number of rotatable bonds is 5. The third-order valence-electron chi connectivity index (χ3n) is 2.75. The molecule has 0 radical (unpaired) electrons. The van der Waals surface area contributed by atoms with E-state index in [1.807, 2.05) is 0 Å². The number of benzene rings is 1. The number of H-pyrrole nitrogens is 1. The highest BCUT2D eigenvalue weighted by molar-refractivity contribution is 7.88. The van der Waals surface area contributed by atoms with Crippen LogP contribution in [0.2, 0.25) is 0 Å². The van der Waals surface area contributed by atoms with Crippen LogP contribution in [0.1, 0.15) is 6.42 Å². The van der Waals surface area contributed by atoms with Crippen LogP contribution in [0, 0.1) is 16.4 Å². The van der Waals surface area contributed by atoms with E-state index < -0.39 is 21.7 Å². The zero-order valence-corrected chi connectivity index (χ0v) is 12.2. The number of aromatic amines is 1. The molecule has 0 unspecified atom stereocenters. The average molecular weight is 321 g/mol. The highest BCUT2D eigenvalue weighted by Gasteiger charge is 2.13. The van der Waals surface area contributed by atoms with Gasteiger partial charge in [0.15, 0.2) is 16.4 Å². The fraction of sp³-hybridized carbons (Fsp3) is 0.364. The molecule has 1 aromatic carbocycles. The molecule has 2 aromatic rings. The van der Waals surface area contributed by atoms with Crippen molar-refractivity contribution in [3.63, 3.8) is 0 Å². The van der Waals surface area contributed by atoms with Crippen LogP contribution in [0.25, 0.3) is 11.0 Å². The van der Waals surface area contributed by atoms with Gasteiger partial charge in [0.1, 0.15) is 5.52 Å². The van der Waals surface area contributed by atoms with Gasteiger partial charge in [-0.05, 0) is 30.8 Å². The second kappa shape index (κ2) is 5.58. The summed E-state index contributed by atoms with van der Waals surface area (Å²) in [5, 5.41) is 0. The second-order valence-corrected chi connectivity index (χ2v) is 6.58. The van der Waals surface area contributed by atoms with E-state index in [4.69, 9.17) is 12.2 Å². The van der Waals surface area contributed by atoms with Crippen LogP contribution in [-0.2, 0) is 16.6 Å². The molecule has 2 rings (SSSR count). The Morgan fingerprint density at radius 2 is 2.10 bits per heavy atom. The lowest BCUT2D eigenvalue weighted by molar-refractivity contribution is 0.509. The fourth-order valence-electron chi connectivity index (χ4n) is 1.90. The van der Waals surface area contributed by atoms with Gasteiger partial charge in [-0.3, -0.25) is 0 Å². The van der Waals surface area contributed by atoms with Gasteiger partial charge in [0.2, 0.25) is 10.0 Å². The molecule has 110 valence electrons. The van der Waals surface area contributed by atoms with Crippen LogP contribution in [0.4, 0.5) is 8.78 Å². The molecule has 0 saturated heterocycles. The maximum Gasteiger partial charge on any atom is 0.208 e. The van der Waals surface area contributed by atoms with Gasteiger partial charge >= 0.3 is 0 Å². The number of halogens is 2. The third-order valence-corrected chi connectivity index (χ3v) is 3.80. The van der Waals surface area contributed by atoms with E-state index in [-0.39, 0.29) is 23.4 Å². The minimum Gasteiger partial charge on any atom is -0.330 e. The highest BCUT2D eigenvalue weighted by Crippen LogP contribution is 2.20. The lowest BCUT2D eigenvalue weighted by atomic mass is 10.3. The van der Waals surface area contributed by atoms with Gasteiger partial charge in [-0.15, -0.1) is 0 Å². The number of sulfonamides is 1. The van der Waals surface area contributed by atoms with Crippen molar-refractivity contribution < 1.29 is 17.2 Å². The molecular weight excluding hydrogens is 308 g/mol. The summed E-state index contributed by atoms with van der Waals surface area (Å²) < 4.78 is 52.9. The standard InChI is InChI=1S/C11H13F2N3O2S2/c1-20(17,18)14-5-2-6-16-10-8(15-11(16)19)4-3-7(12)9(10)13/h3-4,14H,2,5-6H2,1H3,(H,15,19). The molecule has 0 spiro atoms. The quantitative estimate of drug-likeness (QED) is 0.653. The first-order valence-electron chi connectivity index (χ1n) is 5.81. The van der Waals surface area contributed by atoms with Crippen molar-refractivity contribution in [3.05, 3.63) is 28.5 Å². The van der Waals surface area contributed by atoms with Crippen molar-refractivity contribution in [2.75, 3.05) is 12.8 Å². The number of imidazole rings is 1. The number of nitrogens with zero attached hydrogens (tertiary/aromatic N) is 1. The minimum atomic E-state index is -3.26. The number of hydrogen-bond donors (Lipinski definition) is 2. The summed E-state index contributed by atoms with van der Waals surface area (Å²) in [6.07, 6.45) is 1.46. The lowest BCUT2D eigenvalue weighted by Crippen LogP contribution is -2.23. The van der Waals surface area contributed by atoms with Gasteiger partial charge in [-0.2, -0.15) is 0 Å². The Morgan fingerprint density at radius 3 is 2.75 bits per heavy atom. The van der Waals surface area contributed by atoms with Gasteiger partial charge in [-0.25, -0.2) is 21.9 Å². The summed E-state index contributed by atoms with van der Waals surface area (Å²) in [4.78, 5) is 2.78. The Hall–Kier alpha value is -1.32. The molecule has 1 aromatic heterocycles. The molecule has 0 atom stereocenters. The smallest absolute Gasteiger partial charge is 0.208 e. The molecule has 9 heteroatoms. The van der Waals surface area contributed by atoms with Crippen molar-refractivity contribution >= 4 is 33.3 Å². The Labute approximate surface area is 119 Å². The molecule has 5 nitrogen and oxygen atoms in total. The number of aryl methyl sites for hydroxylation is 1. The van der Waals surface area contributed by atoms with Crippen LogP contribution < -0.4 is 4.72 Å². The Kier molecular flexibility index (Phi) is 4.21. The average Bonchev–Trinajstić information content (AvgIpc) is 2.66. The number of fused-ring (bicyclic) bond motifs is 1. The zero-order chi connectivity index (χ0) is 14.9. The predicted molar refractivity (Wildman–Crippen MR) is 74.5 cm³/mol. The molecule has 0 aliphatic carbocycles. The molecule has 0 saturated carbocycles. The van der Waals surface area contributed by atoms with Crippen molar-refractivity contribution in [1.82, 2.24) is 14.3 Å². The first kappa shape index (κ1) is 15.1. The van der Waals surface area contributed by atoms with Crippen molar-refractivity contribution in [3.8, 4) is 0 Å². The van der Waals surface area contributed by atoms with E-state index in [1.165, 1.54) is 10.6 Å². The first-order chi connectivity index (χ1) is 9.29.